The number of hydrogen-bond donors (Lipinski definition) is 0. The summed E-state index contributed by atoms with van der Waals surface area (Å²) >= 11 is 0. The van der Waals surface area contributed by atoms with Gasteiger partial charge in [0.1, 0.15) is 5.75 Å². The Balaban J connectivity index is 1.91. The van der Waals surface area contributed by atoms with Gasteiger partial charge in [0.15, 0.2) is 0 Å². The van der Waals surface area contributed by atoms with E-state index in [0.29, 0.717) is 28.1 Å². The highest BCUT2D eigenvalue weighted by molar-refractivity contribution is 6.43. The Morgan fingerprint density at radius 2 is 1.43 bits per heavy atom. The van der Waals surface area contributed by atoms with Gasteiger partial charge in [-0.2, -0.15) is 0 Å². The molecule has 28 heavy (non-hydrogen) atoms. The van der Waals surface area contributed by atoms with E-state index < -0.39 is 0 Å². The Hall–Kier alpha value is -3.66. The first-order valence-electron chi connectivity index (χ1n) is 8.99. The van der Waals surface area contributed by atoms with Gasteiger partial charge in [-0.1, -0.05) is 54.1 Å². The van der Waals surface area contributed by atoms with Crippen molar-refractivity contribution in [3.05, 3.63) is 95.1 Å². The molecule has 2 amide bonds. The fraction of sp³-hybridized carbons (Fsp3) is 0.0833. The Morgan fingerprint density at radius 3 is 2.14 bits per heavy atom. The minimum absolute atomic E-state index is 0.318. The molecule has 0 radical (unpaired) electrons. The lowest BCUT2D eigenvalue weighted by Crippen LogP contribution is -2.41. The molecule has 3 aromatic rings. The van der Waals surface area contributed by atoms with E-state index in [1.165, 1.54) is 4.90 Å². The Morgan fingerprint density at radius 1 is 0.786 bits per heavy atom. The van der Waals surface area contributed by atoms with Crippen LogP contribution >= 0.6 is 0 Å². The molecule has 0 spiro atoms. The third kappa shape index (κ3) is 2.99. The first-order chi connectivity index (χ1) is 13.6. The third-order valence-electron chi connectivity index (χ3n) is 4.82. The number of ether oxygens (including phenoxy) is 1. The van der Waals surface area contributed by atoms with Crippen molar-refractivity contribution in [3.63, 3.8) is 0 Å². The maximum Gasteiger partial charge on any atom is 0.265 e. The summed E-state index contributed by atoms with van der Waals surface area (Å²) in [5, 5.41) is 0. The normalized spacial score (nSPS) is 14.9. The Kier molecular flexibility index (Phi) is 4.53. The van der Waals surface area contributed by atoms with E-state index in [1.807, 2.05) is 49.4 Å². The summed E-state index contributed by atoms with van der Waals surface area (Å²) in [6.07, 6.45) is 1.79. The number of rotatable bonds is 3. The van der Waals surface area contributed by atoms with Crippen LogP contribution in [-0.4, -0.2) is 18.9 Å². The second-order valence-corrected chi connectivity index (χ2v) is 6.63. The SMILES string of the molecule is COc1ccccc1/C=C1\C(=O)N(c2ccc(C)cc2)C(=O)c2ccccc21. The predicted octanol–water partition coefficient (Wildman–Crippen LogP) is 4.73. The molecule has 4 heteroatoms. The van der Waals surface area contributed by atoms with Crippen LogP contribution in [0.25, 0.3) is 11.6 Å². The fourth-order valence-electron chi connectivity index (χ4n) is 3.36. The molecular weight excluding hydrogens is 350 g/mol. The molecule has 4 rings (SSSR count). The molecule has 1 heterocycles. The molecule has 0 saturated carbocycles. The summed E-state index contributed by atoms with van der Waals surface area (Å²) in [7, 11) is 1.59. The minimum atomic E-state index is -0.349. The van der Waals surface area contributed by atoms with Gasteiger partial charge in [-0.15, -0.1) is 0 Å². The van der Waals surface area contributed by atoms with Crippen LogP contribution in [0.3, 0.4) is 0 Å². The highest BCUT2D eigenvalue weighted by Crippen LogP contribution is 2.34. The third-order valence-corrected chi connectivity index (χ3v) is 4.82. The molecule has 0 saturated heterocycles. The van der Waals surface area contributed by atoms with Crippen LogP contribution in [0, 0.1) is 6.92 Å². The van der Waals surface area contributed by atoms with E-state index in [9.17, 15) is 9.59 Å². The quantitative estimate of drug-likeness (QED) is 0.495. The average Bonchev–Trinajstić information content (AvgIpc) is 2.73. The van der Waals surface area contributed by atoms with Gasteiger partial charge in [-0.25, -0.2) is 4.90 Å². The van der Waals surface area contributed by atoms with Crippen molar-refractivity contribution in [2.24, 2.45) is 0 Å². The van der Waals surface area contributed by atoms with Crippen LogP contribution in [-0.2, 0) is 4.79 Å². The van der Waals surface area contributed by atoms with Crippen molar-refractivity contribution in [1.82, 2.24) is 0 Å². The van der Waals surface area contributed by atoms with Gasteiger partial charge in [0, 0.05) is 16.7 Å². The highest BCUT2D eigenvalue weighted by atomic mass is 16.5. The average molecular weight is 369 g/mol. The molecule has 0 bridgehead atoms. The van der Waals surface area contributed by atoms with Gasteiger partial charge in [-0.05, 0) is 42.8 Å². The summed E-state index contributed by atoms with van der Waals surface area (Å²) in [6, 6.07) is 22.0. The second-order valence-electron chi connectivity index (χ2n) is 6.63. The minimum Gasteiger partial charge on any atom is -0.496 e. The molecule has 0 unspecified atom stereocenters. The molecule has 4 nitrogen and oxygen atoms in total. The standard InChI is InChI=1S/C24H19NO3/c1-16-11-13-18(14-12-16)25-23(26)20-9-5-4-8-19(20)21(24(25)27)15-17-7-3-6-10-22(17)28-2/h3-15H,1-2H3/b21-15-. The fourth-order valence-corrected chi connectivity index (χ4v) is 3.36. The Bertz CT molecular complexity index is 1100. The number of imide groups is 1. The van der Waals surface area contributed by atoms with Crippen LogP contribution in [0.2, 0.25) is 0 Å². The molecular formula is C24H19NO3. The lowest BCUT2D eigenvalue weighted by atomic mass is 9.91. The number of amides is 2. The predicted molar refractivity (Wildman–Crippen MR) is 110 cm³/mol. The number of nitrogens with zero attached hydrogens (tertiary/aromatic N) is 1. The molecule has 3 aromatic carbocycles. The van der Waals surface area contributed by atoms with E-state index in [0.717, 1.165) is 11.1 Å². The molecule has 1 aliphatic rings. The van der Waals surface area contributed by atoms with Gasteiger partial charge >= 0.3 is 0 Å². The van der Waals surface area contributed by atoms with E-state index >= 15 is 0 Å². The van der Waals surface area contributed by atoms with E-state index in [1.54, 1.807) is 43.5 Å². The summed E-state index contributed by atoms with van der Waals surface area (Å²) < 4.78 is 5.42. The first-order valence-corrected chi connectivity index (χ1v) is 8.99. The number of aryl methyl sites for hydroxylation is 1. The topological polar surface area (TPSA) is 46.6 Å². The monoisotopic (exact) mass is 369 g/mol. The number of para-hydroxylation sites is 1. The van der Waals surface area contributed by atoms with Crippen molar-refractivity contribution in [2.45, 2.75) is 6.92 Å². The number of carbonyl (C=O) groups excluding carboxylic acids is 2. The number of methoxy groups -OCH3 is 1. The van der Waals surface area contributed by atoms with Gasteiger partial charge < -0.3 is 4.74 Å². The number of carbonyl (C=O) groups is 2. The molecule has 138 valence electrons. The summed E-state index contributed by atoms with van der Waals surface area (Å²) in [4.78, 5) is 27.7. The molecule has 0 aliphatic carbocycles. The first kappa shape index (κ1) is 17.7. The number of hydrogen-bond acceptors (Lipinski definition) is 3. The second kappa shape index (κ2) is 7.16. The van der Waals surface area contributed by atoms with Gasteiger partial charge in [0.05, 0.1) is 12.8 Å². The summed E-state index contributed by atoms with van der Waals surface area (Å²) in [5.74, 6) is -0.000782. The van der Waals surface area contributed by atoms with Crippen molar-refractivity contribution < 1.29 is 14.3 Å². The lowest BCUT2D eigenvalue weighted by Gasteiger charge is -2.29. The highest BCUT2D eigenvalue weighted by Gasteiger charge is 2.35. The molecule has 0 N–H and O–H groups in total. The zero-order valence-electron chi connectivity index (χ0n) is 15.7. The molecule has 0 atom stereocenters. The van der Waals surface area contributed by atoms with Gasteiger partial charge in [0.25, 0.3) is 11.8 Å². The zero-order chi connectivity index (χ0) is 19.7. The smallest absolute Gasteiger partial charge is 0.265 e. The van der Waals surface area contributed by atoms with Crippen molar-refractivity contribution >= 4 is 29.2 Å². The van der Waals surface area contributed by atoms with E-state index in [2.05, 4.69) is 0 Å². The van der Waals surface area contributed by atoms with Crippen molar-refractivity contribution in [1.29, 1.82) is 0 Å². The van der Waals surface area contributed by atoms with Crippen LogP contribution in [0.1, 0.15) is 27.0 Å². The van der Waals surface area contributed by atoms with Crippen LogP contribution in [0.5, 0.6) is 5.75 Å². The molecule has 1 aliphatic heterocycles. The number of fused-ring (bicyclic) bond motifs is 1. The summed E-state index contributed by atoms with van der Waals surface area (Å²) in [5.41, 5.74) is 3.99. The van der Waals surface area contributed by atoms with Crippen LogP contribution < -0.4 is 9.64 Å². The van der Waals surface area contributed by atoms with Gasteiger partial charge in [0.2, 0.25) is 0 Å². The van der Waals surface area contributed by atoms with Crippen LogP contribution in [0.4, 0.5) is 5.69 Å². The lowest BCUT2D eigenvalue weighted by molar-refractivity contribution is -0.112. The van der Waals surface area contributed by atoms with E-state index in [-0.39, 0.29) is 11.8 Å². The molecule has 0 aromatic heterocycles. The van der Waals surface area contributed by atoms with Crippen LogP contribution in [0.15, 0.2) is 72.8 Å². The van der Waals surface area contributed by atoms with Gasteiger partial charge in [-0.3, -0.25) is 9.59 Å². The van der Waals surface area contributed by atoms with Crippen molar-refractivity contribution in [2.75, 3.05) is 12.0 Å². The maximum absolute atomic E-state index is 13.4. The molecule has 0 fully saturated rings. The number of benzene rings is 3. The summed E-state index contributed by atoms with van der Waals surface area (Å²) in [6.45, 7) is 1.96. The van der Waals surface area contributed by atoms with Crippen molar-refractivity contribution in [3.8, 4) is 5.75 Å². The number of anilines is 1. The Labute approximate surface area is 163 Å². The maximum atomic E-state index is 13.4. The zero-order valence-corrected chi connectivity index (χ0v) is 15.7. The largest absolute Gasteiger partial charge is 0.496 e. The van der Waals surface area contributed by atoms with E-state index in [4.69, 9.17) is 4.74 Å².